The van der Waals surface area contributed by atoms with E-state index >= 15 is 0 Å². The van der Waals surface area contributed by atoms with Gasteiger partial charge in [-0.15, -0.1) is 0 Å². The number of imide groups is 1. The number of aryl methyl sites for hydroxylation is 1. The molecule has 0 saturated carbocycles. The Morgan fingerprint density at radius 2 is 2.05 bits per heavy atom. The van der Waals surface area contributed by atoms with Gasteiger partial charge in [0.15, 0.2) is 0 Å². The van der Waals surface area contributed by atoms with Crippen molar-refractivity contribution < 1.29 is 14.4 Å². The Hall–Kier alpha value is -2.13. The number of benzene rings is 1. The molecular formula is C13H9BrN4O3S. The second kappa shape index (κ2) is 5.58. The summed E-state index contributed by atoms with van der Waals surface area (Å²) in [6, 6.07) is 4.81. The minimum absolute atomic E-state index is 0.291. The summed E-state index contributed by atoms with van der Waals surface area (Å²) < 4.78 is 4.63. The molecule has 2 heterocycles. The molecule has 7 nitrogen and oxygen atoms in total. The molecule has 112 valence electrons. The van der Waals surface area contributed by atoms with Crippen molar-refractivity contribution in [2.45, 2.75) is 6.92 Å². The zero-order chi connectivity index (χ0) is 15.9. The zero-order valence-corrected chi connectivity index (χ0v) is 13.7. The van der Waals surface area contributed by atoms with Gasteiger partial charge in [0.2, 0.25) is 11.0 Å². The molecule has 22 heavy (non-hydrogen) atoms. The van der Waals surface area contributed by atoms with E-state index in [9.17, 15) is 14.4 Å². The molecule has 0 atom stereocenters. The fourth-order valence-corrected chi connectivity index (χ4v) is 3.01. The van der Waals surface area contributed by atoms with Gasteiger partial charge in [0.05, 0.1) is 11.1 Å². The third-order valence-corrected chi connectivity index (χ3v) is 4.22. The van der Waals surface area contributed by atoms with Crippen LogP contribution < -0.4 is 5.32 Å². The fraction of sp³-hybridized carbons (Fsp3) is 0.154. The van der Waals surface area contributed by atoms with Gasteiger partial charge in [0.25, 0.3) is 11.8 Å². The van der Waals surface area contributed by atoms with Crippen LogP contribution in [0.3, 0.4) is 0 Å². The van der Waals surface area contributed by atoms with Crippen LogP contribution in [0.1, 0.15) is 26.5 Å². The number of anilines is 1. The predicted molar refractivity (Wildman–Crippen MR) is 82.8 cm³/mol. The van der Waals surface area contributed by atoms with Crippen molar-refractivity contribution in [2.75, 3.05) is 11.9 Å². The highest BCUT2D eigenvalue weighted by atomic mass is 79.9. The number of aromatic nitrogens is 2. The highest BCUT2D eigenvalue weighted by Crippen LogP contribution is 2.25. The largest absolute Gasteiger partial charge is 0.299 e. The van der Waals surface area contributed by atoms with Crippen LogP contribution in [0.5, 0.6) is 0 Å². The first kappa shape index (κ1) is 14.8. The van der Waals surface area contributed by atoms with Crippen LogP contribution in [0.4, 0.5) is 5.13 Å². The molecule has 1 N–H and O–H groups in total. The number of nitrogens with zero attached hydrogens (tertiary/aromatic N) is 3. The molecule has 3 rings (SSSR count). The van der Waals surface area contributed by atoms with Gasteiger partial charge in [-0.05, 0) is 25.1 Å². The van der Waals surface area contributed by atoms with Crippen LogP contribution in [0.2, 0.25) is 0 Å². The summed E-state index contributed by atoms with van der Waals surface area (Å²) in [5.41, 5.74) is 0.590. The number of hydrogen-bond donors (Lipinski definition) is 1. The summed E-state index contributed by atoms with van der Waals surface area (Å²) in [5.74, 6) is -0.906. The maximum absolute atomic E-state index is 12.2. The molecule has 0 unspecified atom stereocenters. The summed E-state index contributed by atoms with van der Waals surface area (Å²) in [5, 5.41) is 2.85. The predicted octanol–water partition coefficient (Wildman–Crippen LogP) is 1.84. The number of rotatable bonds is 3. The Balaban J connectivity index is 1.75. The average molecular weight is 381 g/mol. The van der Waals surface area contributed by atoms with E-state index in [0.717, 1.165) is 16.4 Å². The number of amides is 3. The number of carbonyl (C=O) groups is 3. The number of carbonyl (C=O) groups excluding carboxylic acids is 3. The maximum Gasteiger partial charge on any atom is 0.262 e. The maximum atomic E-state index is 12.2. The topological polar surface area (TPSA) is 92.3 Å². The van der Waals surface area contributed by atoms with E-state index in [0.29, 0.717) is 26.6 Å². The lowest BCUT2D eigenvalue weighted by molar-refractivity contribution is -0.116. The van der Waals surface area contributed by atoms with Crippen LogP contribution in [-0.4, -0.2) is 38.5 Å². The summed E-state index contributed by atoms with van der Waals surface area (Å²) in [6.07, 6.45) is 0. The molecule has 0 spiro atoms. The molecule has 9 heteroatoms. The smallest absolute Gasteiger partial charge is 0.262 e. The minimum Gasteiger partial charge on any atom is -0.299 e. The third kappa shape index (κ3) is 2.64. The monoisotopic (exact) mass is 380 g/mol. The summed E-state index contributed by atoms with van der Waals surface area (Å²) in [6.45, 7) is 1.34. The molecule has 0 bridgehead atoms. The molecule has 0 radical (unpaired) electrons. The Morgan fingerprint density at radius 1 is 1.32 bits per heavy atom. The summed E-state index contributed by atoms with van der Waals surface area (Å²) >= 11 is 4.29. The van der Waals surface area contributed by atoms with Gasteiger partial charge in [-0.1, -0.05) is 15.9 Å². The van der Waals surface area contributed by atoms with Crippen molar-refractivity contribution in [1.29, 1.82) is 0 Å². The normalized spacial score (nSPS) is 13.5. The molecule has 1 aliphatic heterocycles. The molecule has 0 saturated heterocycles. The Morgan fingerprint density at radius 3 is 2.73 bits per heavy atom. The van der Waals surface area contributed by atoms with Crippen molar-refractivity contribution >= 4 is 50.3 Å². The lowest BCUT2D eigenvalue weighted by Crippen LogP contribution is -2.37. The standard InChI is InChI=1S/C13H9BrN4O3S/c1-6-15-13(22-17-6)16-10(19)5-18-11(20)8-3-2-7(14)4-9(8)12(18)21/h2-4H,5H2,1H3,(H,15,16,17,19). The van der Waals surface area contributed by atoms with Crippen LogP contribution >= 0.6 is 27.5 Å². The first-order valence-electron chi connectivity index (χ1n) is 6.21. The van der Waals surface area contributed by atoms with Gasteiger partial charge in [-0.3, -0.25) is 24.6 Å². The lowest BCUT2D eigenvalue weighted by Gasteiger charge is -2.12. The molecule has 0 fully saturated rings. The first-order chi connectivity index (χ1) is 10.5. The van der Waals surface area contributed by atoms with Crippen LogP contribution in [-0.2, 0) is 4.79 Å². The summed E-state index contributed by atoms with van der Waals surface area (Å²) in [4.78, 5) is 41.3. The Kier molecular flexibility index (Phi) is 3.75. The number of halogens is 1. The lowest BCUT2D eigenvalue weighted by atomic mass is 10.1. The van der Waals surface area contributed by atoms with Gasteiger partial charge in [0.1, 0.15) is 12.4 Å². The molecule has 3 amide bonds. The second-order valence-corrected chi connectivity index (χ2v) is 6.25. The number of nitrogens with one attached hydrogen (secondary N) is 1. The van der Waals surface area contributed by atoms with E-state index in [1.54, 1.807) is 25.1 Å². The van der Waals surface area contributed by atoms with Crippen molar-refractivity contribution in [1.82, 2.24) is 14.3 Å². The zero-order valence-electron chi connectivity index (χ0n) is 11.3. The van der Waals surface area contributed by atoms with Crippen molar-refractivity contribution in [3.05, 3.63) is 39.6 Å². The molecule has 2 aromatic rings. The van der Waals surface area contributed by atoms with Crippen molar-refractivity contribution in [3.8, 4) is 0 Å². The number of fused-ring (bicyclic) bond motifs is 1. The van der Waals surface area contributed by atoms with Gasteiger partial charge >= 0.3 is 0 Å². The van der Waals surface area contributed by atoms with Crippen LogP contribution in [0.25, 0.3) is 0 Å². The van der Waals surface area contributed by atoms with E-state index < -0.39 is 17.7 Å². The van der Waals surface area contributed by atoms with E-state index in [1.807, 2.05) is 0 Å². The van der Waals surface area contributed by atoms with Gasteiger partial charge in [-0.25, -0.2) is 4.98 Å². The van der Waals surface area contributed by atoms with Crippen LogP contribution in [0.15, 0.2) is 22.7 Å². The first-order valence-corrected chi connectivity index (χ1v) is 7.78. The number of hydrogen-bond acceptors (Lipinski definition) is 6. The Labute approximate surface area is 137 Å². The van der Waals surface area contributed by atoms with Gasteiger partial charge in [-0.2, -0.15) is 4.37 Å². The fourth-order valence-electron chi connectivity index (χ4n) is 2.06. The highest BCUT2D eigenvalue weighted by Gasteiger charge is 2.36. The molecular weight excluding hydrogens is 372 g/mol. The van der Waals surface area contributed by atoms with E-state index in [4.69, 9.17) is 0 Å². The molecule has 1 aromatic heterocycles. The van der Waals surface area contributed by atoms with E-state index in [1.165, 1.54) is 0 Å². The van der Waals surface area contributed by atoms with Gasteiger partial charge in [0, 0.05) is 16.0 Å². The van der Waals surface area contributed by atoms with Gasteiger partial charge < -0.3 is 0 Å². The summed E-state index contributed by atoms with van der Waals surface area (Å²) in [7, 11) is 0. The Bertz CT molecular complexity index is 804. The molecule has 1 aromatic carbocycles. The van der Waals surface area contributed by atoms with E-state index in [-0.39, 0.29) is 6.54 Å². The highest BCUT2D eigenvalue weighted by molar-refractivity contribution is 9.10. The molecule has 1 aliphatic rings. The average Bonchev–Trinajstić information content (AvgIpc) is 2.96. The minimum atomic E-state index is -0.496. The van der Waals surface area contributed by atoms with E-state index in [2.05, 4.69) is 30.6 Å². The quantitative estimate of drug-likeness (QED) is 0.820. The third-order valence-electron chi connectivity index (χ3n) is 3.01. The second-order valence-electron chi connectivity index (χ2n) is 4.58. The molecule has 0 aliphatic carbocycles. The SMILES string of the molecule is Cc1nsc(NC(=O)CN2C(=O)c3ccc(Br)cc3C2=O)n1. The van der Waals surface area contributed by atoms with Crippen molar-refractivity contribution in [2.24, 2.45) is 0 Å². The van der Waals surface area contributed by atoms with Crippen molar-refractivity contribution in [3.63, 3.8) is 0 Å². The van der Waals surface area contributed by atoms with Crippen LogP contribution in [0, 0.1) is 6.92 Å².